The molecule has 0 amide bonds. The number of hydrogen-bond acceptors (Lipinski definition) is 5. The molecule has 3 aromatic rings. The molecule has 0 saturated heterocycles. The normalized spacial score (nSPS) is 10.7. The molecule has 2 aromatic heterocycles. The number of rotatable bonds is 3. The molecule has 0 fully saturated rings. The van der Waals surface area contributed by atoms with E-state index < -0.39 is 0 Å². The Hall–Kier alpha value is -2.56. The van der Waals surface area contributed by atoms with Crippen LogP contribution in [0.5, 0.6) is 0 Å². The van der Waals surface area contributed by atoms with E-state index >= 15 is 0 Å². The van der Waals surface area contributed by atoms with E-state index in [9.17, 15) is 0 Å². The van der Waals surface area contributed by atoms with Crippen LogP contribution >= 0.6 is 0 Å². The van der Waals surface area contributed by atoms with Crippen LogP contribution in [-0.4, -0.2) is 20.3 Å². The lowest BCUT2D eigenvalue weighted by Gasteiger charge is -1.97. The number of hydrogen-bond donors (Lipinski definition) is 0. The van der Waals surface area contributed by atoms with Crippen molar-refractivity contribution in [2.75, 3.05) is 0 Å². The van der Waals surface area contributed by atoms with Gasteiger partial charge in [-0.25, -0.2) is 0 Å². The van der Waals surface area contributed by atoms with Crippen molar-refractivity contribution < 1.29 is 4.52 Å². The highest BCUT2D eigenvalue weighted by molar-refractivity contribution is 5.46. The molecule has 0 saturated carbocycles. The quantitative estimate of drug-likeness (QED) is 0.729. The largest absolute Gasteiger partial charge is 0.339 e. The average molecular weight is 266 g/mol. The Balaban J connectivity index is 1.82. The first-order chi connectivity index (χ1) is 9.70. The topological polar surface area (TPSA) is 64.7 Å². The maximum absolute atomic E-state index is 5.26. The summed E-state index contributed by atoms with van der Waals surface area (Å²) in [4.78, 5) is 4.35. The molecule has 100 valence electrons. The van der Waals surface area contributed by atoms with Gasteiger partial charge in [-0.3, -0.25) is 0 Å². The smallest absolute Gasteiger partial charge is 0.231 e. The van der Waals surface area contributed by atoms with Gasteiger partial charge in [-0.05, 0) is 31.5 Å². The average Bonchev–Trinajstić information content (AvgIpc) is 2.88. The minimum atomic E-state index is 0.472. The van der Waals surface area contributed by atoms with Crippen LogP contribution in [-0.2, 0) is 6.42 Å². The zero-order chi connectivity index (χ0) is 13.9. The van der Waals surface area contributed by atoms with E-state index in [0.29, 0.717) is 23.8 Å². The van der Waals surface area contributed by atoms with Gasteiger partial charge in [0.1, 0.15) is 5.69 Å². The van der Waals surface area contributed by atoms with Crippen LogP contribution in [0.2, 0.25) is 0 Å². The molecule has 0 radical (unpaired) electrons. The van der Waals surface area contributed by atoms with Crippen LogP contribution in [0.4, 0.5) is 0 Å². The van der Waals surface area contributed by atoms with Crippen molar-refractivity contribution in [3.63, 3.8) is 0 Å². The van der Waals surface area contributed by atoms with Crippen molar-refractivity contribution in [3.05, 3.63) is 59.1 Å². The molecular weight excluding hydrogens is 252 g/mol. The van der Waals surface area contributed by atoms with Crippen molar-refractivity contribution >= 4 is 0 Å². The van der Waals surface area contributed by atoms with E-state index in [1.165, 1.54) is 5.56 Å². The molecule has 3 rings (SSSR count). The number of nitrogens with zero attached hydrogens (tertiary/aromatic N) is 4. The summed E-state index contributed by atoms with van der Waals surface area (Å²) in [5.74, 6) is 1.05. The van der Waals surface area contributed by atoms with Gasteiger partial charge in [0.25, 0.3) is 0 Å². The Labute approximate surface area is 116 Å². The monoisotopic (exact) mass is 266 g/mol. The Kier molecular flexibility index (Phi) is 3.25. The summed E-state index contributed by atoms with van der Waals surface area (Å²) in [5, 5.41) is 12.0. The van der Waals surface area contributed by atoms with Crippen LogP contribution in [0, 0.1) is 13.8 Å². The third-order valence-electron chi connectivity index (χ3n) is 2.93. The third kappa shape index (κ3) is 2.71. The zero-order valence-corrected chi connectivity index (χ0v) is 11.4. The van der Waals surface area contributed by atoms with Crippen LogP contribution in [0.3, 0.4) is 0 Å². The highest BCUT2D eigenvalue weighted by atomic mass is 16.5. The van der Waals surface area contributed by atoms with Crippen molar-refractivity contribution in [2.45, 2.75) is 20.3 Å². The van der Waals surface area contributed by atoms with Gasteiger partial charge >= 0.3 is 0 Å². The lowest BCUT2D eigenvalue weighted by atomic mass is 10.1. The van der Waals surface area contributed by atoms with E-state index in [0.717, 1.165) is 11.3 Å². The molecule has 0 aliphatic heterocycles. The first kappa shape index (κ1) is 12.5. The first-order valence-corrected chi connectivity index (χ1v) is 6.39. The second-order valence-corrected chi connectivity index (χ2v) is 4.74. The van der Waals surface area contributed by atoms with E-state index in [-0.39, 0.29) is 0 Å². The predicted molar refractivity (Wildman–Crippen MR) is 74.0 cm³/mol. The van der Waals surface area contributed by atoms with Crippen LogP contribution < -0.4 is 0 Å². The molecule has 20 heavy (non-hydrogen) atoms. The highest BCUT2D eigenvalue weighted by Gasteiger charge is 2.10. The highest BCUT2D eigenvalue weighted by Crippen LogP contribution is 2.15. The third-order valence-corrected chi connectivity index (χ3v) is 2.93. The van der Waals surface area contributed by atoms with Crippen molar-refractivity contribution in [3.8, 4) is 11.5 Å². The van der Waals surface area contributed by atoms with Crippen molar-refractivity contribution in [1.82, 2.24) is 20.3 Å². The number of benzene rings is 1. The molecule has 0 spiro atoms. The fourth-order valence-electron chi connectivity index (χ4n) is 1.95. The lowest BCUT2D eigenvalue weighted by molar-refractivity contribution is 0.385. The van der Waals surface area contributed by atoms with Crippen molar-refractivity contribution in [2.24, 2.45) is 0 Å². The molecule has 0 aliphatic rings. The van der Waals surface area contributed by atoms with Crippen LogP contribution in [0.1, 0.15) is 22.7 Å². The minimum absolute atomic E-state index is 0.472. The Bertz CT molecular complexity index is 719. The summed E-state index contributed by atoms with van der Waals surface area (Å²) in [6.07, 6.45) is 0.619. The fourth-order valence-corrected chi connectivity index (χ4v) is 1.95. The maximum Gasteiger partial charge on any atom is 0.231 e. The molecule has 0 unspecified atom stereocenters. The lowest BCUT2D eigenvalue weighted by Crippen LogP contribution is -1.92. The second kappa shape index (κ2) is 5.21. The molecule has 0 N–H and O–H groups in total. The zero-order valence-electron chi connectivity index (χ0n) is 11.4. The molecule has 1 aromatic carbocycles. The van der Waals surface area contributed by atoms with E-state index in [1.807, 2.05) is 31.2 Å². The predicted octanol–water partition coefficient (Wildman–Crippen LogP) is 2.73. The molecule has 0 bridgehead atoms. The summed E-state index contributed by atoms with van der Waals surface area (Å²) in [6.45, 7) is 3.95. The minimum Gasteiger partial charge on any atom is -0.339 e. The van der Waals surface area contributed by atoms with Gasteiger partial charge in [0.2, 0.25) is 11.7 Å². The summed E-state index contributed by atoms with van der Waals surface area (Å²) in [6, 6.07) is 11.9. The van der Waals surface area contributed by atoms with Gasteiger partial charge in [0.15, 0.2) is 0 Å². The van der Waals surface area contributed by atoms with Crippen LogP contribution in [0.25, 0.3) is 11.5 Å². The fraction of sp³-hybridized carbons (Fsp3) is 0.200. The number of aryl methyl sites for hydroxylation is 2. The summed E-state index contributed by atoms with van der Waals surface area (Å²) < 4.78 is 5.26. The molecule has 2 heterocycles. The standard InChI is InChI=1S/C15H14N4O/c1-10-4-3-5-12(8-10)9-14-16-15(19-20-14)13-7-6-11(2)17-18-13/h3-8H,9H2,1-2H3. The molecular formula is C15H14N4O. The van der Waals surface area contributed by atoms with Gasteiger partial charge in [-0.15, -0.1) is 5.10 Å². The molecule has 0 aliphatic carbocycles. The van der Waals surface area contributed by atoms with E-state index in [2.05, 4.69) is 39.4 Å². The second-order valence-electron chi connectivity index (χ2n) is 4.74. The van der Waals surface area contributed by atoms with E-state index in [4.69, 9.17) is 4.52 Å². The van der Waals surface area contributed by atoms with E-state index in [1.54, 1.807) is 0 Å². The van der Waals surface area contributed by atoms with Crippen LogP contribution in [0.15, 0.2) is 40.9 Å². The maximum atomic E-state index is 5.26. The van der Waals surface area contributed by atoms with Gasteiger partial charge in [0, 0.05) is 0 Å². The molecule has 5 nitrogen and oxygen atoms in total. The van der Waals surface area contributed by atoms with Gasteiger partial charge in [-0.1, -0.05) is 35.0 Å². The van der Waals surface area contributed by atoms with Gasteiger partial charge < -0.3 is 4.52 Å². The SMILES string of the molecule is Cc1cccc(Cc2nc(-c3ccc(C)nn3)no2)c1. The Morgan fingerprint density at radius 1 is 1.05 bits per heavy atom. The van der Waals surface area contributed by atoms with Gasteiger partial charge in [-0.2, -0.15) is 10.1 Å². The summed E-state index contributed by atoms with van der Waals surface area (Å²) in [5.41, 5.74) is 3.84. The molecule has 0 atom stereocenters. The Morgan fingerprint density at radius 3 is 2.70 bits per heavy atom. The Morgan fingerprint density at radius 2 is 1.95 bits per heavy atom. The summed E-state index contributed by atoms with van der Waals surface area (Å²) in [7, 11) is 0. The van der Waals surface area contributed by atoms with Gasteiger partial charge in [0.05, 0.1) is 12.1 Å². The number of aromatic nitrogens is 4. The molecule has 5 heteroatoms. The summed E-state index contributed by atoms with van der Waals surface area (Å²) >= 11 is 0. The van der Waals surface area contributed by atoms with Crippen molar-refractivity contribution in [1.29, 1.82) is 0 Å². The first-order valence-electron chi connectivity index (χ1n) is 6.39.